The normalized spacial score (nSPS) is 11.2. The fourth-order valence-electron chi connectivity index (χ4n) is 6.55. The van der Waals surface area contributed by atoms with Crippen LogP contribution < -0.4 is 20.7 Å². The zero-order valence-corrected chi connectivity index (χ0v) is 47.2. The highest BCUT2D eigenvalue weighted by atomic mass is 33.1. The molecule has 0 aliphatic heterocycles. The number of aromatic hydroxyl groups is 2. The Morgan fingerprint density at radius 2 is 1.28 bits per heavy atom. The van der Waals surface area contributed by atoms with Gasteiger partial charge in [-0.1, -0.05) is 117 Å². The van der Waals surface area contributed by atoms with E-state index in [0.29, 0.717) is 59.1 Å². The minimum atomic E-state index is -0.722. The zero-order valence-electron chi connectivity index (χ0n) is 43.1. The predicted molar refractivity (Wildman–Crippen MR) is 310 cm³/mol. The number of benzene rings is 5. The predicted octanol–water partition coefficient (Wildman–Crippen LogP) is 11.3. The molecule has 0 saturated heterocycles. The zero-order chi connectivity index (χ0) is 54.5. The van der Waals surface area contributed by atoms with Gasteiger partial charge in [0.15, 0.2) is 0 Å². The number of carbonyl (C=O) groups excluding carboxylic acids is 4. The van der Waals surface area contributed by atoms with E-state index < -0.39 is 23.5 Å². The lowest BCUT2D eigenvalue weighted by Crippen LogP contribution is -2.29. The van der Waals surface area contributed by atoms with Gasteiger partial charge in [-0.05, 0) is 107 Å². The van der Waals surface area contributed by atoms with Crippen LogP contribution >= 0.6 is 54.5 Å². The van der Waals surface area contributed by atoms with E-state index in [1.54, 1.807) is 63.6 Å². The number of ether oxygens (including phenoxy) is 1. The molecule has 402 valence electrons. The van der Waals surface area contributed by atoms with E-state index in [-0.39, 0.29) is 40.2 Å². The molecule has 3 amide bonds. The van der Waals surface area contributed by atoms with Crippen LogP contribution in [0.4, 0.5) is 8.78 Å². The van der Waals surface area contributed by atoms with Gasteiger partial charge in [-0.15, -0.1) is 11.3 Å². The van der Waals surface area contributed by atoms with Gasteiger partial charge in [0.1, 0.15) is 35.5 Å². The highest BCUT2D eigenvalue weighted by molar-refractivity contribution is 8.77. The van der Waals surface area contributed by atoms with Gasteiger partial charge >= 0.3 is 0 Å². The summed E-state index contributed by atoms with van der Waals surface area (Å²) < 4.78 is 32.6. The second-order valence-corrected chi connectivity index (χ2v) is 23.5. The Labute approximate surface area is 460 Å². The molecule has 0 spiro atoms. The first-order chi connectivity index (χ1) is 36.1. The third-order valence-corrected chi connectivity index (χ3v) is 16.3. The van der Waals surface area contributed by atoms with Crippen LogP contribution in [0.3, 0.4) is 0 Å². The molecule has 6 aromatic rings. The number of rotatable bonds is 26. The first-order valence-electron chi connectivity index (χ1n) is 24.2. The third-order valence-electron chi connectivity index (χ3n) is 10.7. The molecule has 1 aromatic heterocycles. The molecular formula is C56H67F2N5O7S5. The lowest BCUT2D eigenvalue weighted by Gasteiger charge is -2.14. The second-order valence-electron chi connectivity index (χ2n) is 17.1. The number of nitrogens with zero attached hydrogens (tertiary/aromatic N) is 2. The van der Waals surface area contributed by atoms with Crippen LogP contribution in [-0.4, -0.2) is 127 Å². The van der Waals surface area contributed by atoms with E-state index in [1.807, 2.05) is 91.8 Å². The molecule has 12 nitrogen and oxygen atoms in total. The number of carbonyl (C=O) groups is 4. The second kappa shape index (κ2) is 34.2. The van der Waals surface area contributed by atoms with Gasteiger partial charge in [0, 0.05) is 78.5 Å². The first kappa shape index (κ1) is 62.0. The summed E-state index contributed by atoms with van der Waals surface area (Å²) in [6, 6.07) is 33.1. The summed E-state index contributed by atoms with van der Waals surface area (Å²) in [5.74, 6) is 1.58. The number of nitrogens with one attached hydrogen (secondary N) is 3. The summed E-state index contributed by atoms with van der Waals surface area (Å²) in [6.45, 7) is 7.91. The maximum Gasteiger partial charge on any atom is 0.255 e. The highest BCUT2D eigenvalue weighted by Gasteiger charge is 2.21. The van der Waals surface area contributed by atoms with Crippen molar-refractivity contribution in [3.8, 4) is 28.4 Å². The van der Waals surface area contributed by atoms with Gasteiger partial charge < -0.3 is 40.7 Å². The van der Waals surface area contributed by atoms with Gasteiger partial charge in [-0.3, -0.25) is 19.2 Å². The van der Waals surface area contributed by atoms with Crippen molar-refractivity contribution >= 4 is 78.0 Å². The van der Waals surface area contributed by atoms with Crippen LogP contribution in [0.25, 0.3) is 11.1 Å². The minimum absolute atomic E-state index is 0.0290. The monoisotopic (exact) mass is 1120 g/mol. The van der Waals surface area contributed by atoms with Crippen LogP contribution in [0.5, 0.6) is 17.2 Å². The fourth-order valence-corrected chi connectivity index (χ4v) is 11.3. The van der Waals surface area contributed by atoms with Gasteiger partial charge in [-0.25, -0.2) is 8.78 Å². The van der Waals surface area contributed by atoms with E-state index in [2.05, 4.69) is 39.8 Å². The molecule has 1 heterocycles. The van der Waals surface area contributed by atoms with Crippen LogP contribution in [0.1, 0.15) is 73.3 Å². The minimum Gasteiger partial charge on any atom is -0.508 e. The number of amides is 3. The topological polar surface area (TPSA) is 161 Å². The summed E-state index contributed by atoms with van der Waals surface area (Å²) in [5.41, 5.74) is 3.22. The Bertz CT molecular complexity index is 2700. The van der Waals surface area contributed by atoms with Crippen molar-refractivity contribution in [1.29, 1.82) is 0 Å². The van der Waals surface area contributed by atoms with Crippen molar-refractivity contribution in [3.63, 3.8) is 0 Å². The van der Waals surface area contributed by atoms with Gasteiger partial charge in [0.25, 0.3) is 11.8 Å². The van der Waals surface area contributed by atoms with E-state index in [1.165, 1.54) is 41.7 Å². The maximum absolute atomic E-state index is 13.8. The maximum atomic E-state index is 13.8. The number of phenols is 2. The van der Waals surface area contributed by atoms with E-state index in [9.17, 15) is 38.2 Å². The summed E-state index contributed by atoms with van der Waals surface area (Å²) in [7, 11) is 15.4. The number of hydrogen-bond donors (Lipinski definition) is 5. The van der Waals surface area contributed by atoms with Gasteiger partial charge in [-0.2, -0.15) is 0 Å². The van der Waals surface area contributed by atoms with E-state index in [0.717, 1.165) is 60.2 Å². The highest BCUT2D eigenvalue weighted by Crippen LogP contribution is 2.30. The lowest BCUT2D eigenvalue weighted by molar-refractivity contribution is -0.122. The van der Waals surface area contributed by atoms with Crippen molar-refractivity contribution < 1.29 is 42.9 Å². The molecule has 75 heavy (non-hydrogen) atoms. The Kier molecular flexibility index (Phi) is 28.3. The van der Waals surface area contributed by atoms with Gasteiger partial charge in [0.2, 0.25) is 11.7 Å². The van der Waals surface area contributed by atoms with Crippen molar-refractivity contribution in [2.75, 3.05) is 83.9 Å². The Hall–Kier alpha value is -5.54. The summed E-state index contributed by atoms with van der Waals surface area (Å²) in [6.07, 6.45) is 0.763. The standard InChI is InChI=1S/C20H26N2O3S3.C20H26N2O2S2.C16H15F2NO2/c1-14(20(25)21-8-11-27-28-12-9-22(2)3)16-7-6-15(13-17(16)23)19(24)18-5-4-10-26-18;1-22(2)13-15-26-25-14-12-21-20(23)18-10-6-7-11-19(18)24-16-17-8-4-3-5-9-17;1-2-7-19-16(21)13-8-10(3-6-15(13)20)12-5-4-11(17)9-14(12)18/h4-7,10,13-14,23H,8-9,11-12H2,1-3H3,(H,21,25);3-11H,12-16H2,1-2H3,(H,21,23);3-6,8-9,20H,2,7H2,1H3,(H,19,21). The van der Waals surface area contributed by atoms with Crippen molar-refractivity contribution in [3.05, 3.63) is 171 Å². The third kappa shape index (κ3) is 22.3. The van der Waals surface area contributed by atoms with Crippen molar-refractivity contribution in [1.82, 2.24) is 25.8 Å². The average Bonchev–Trinajstić information content (AvgIpc) is 3.95. The van der Waals surface area contributed by atoms with Crippen molar-refractivity contribution in [2.45, 2.75) is 32.8 Å². The molecular weight excluding hydrogens is 1050 g/mol. The van der Waals surface area contributed by atoms with E-state index >= 15 is 0 Å². The Balaban J connectivity index is 0.000000246. The van der Waals surface area contributed by atoms with Crippen molar-refractivity contribution in [2.24, 2.45) is 0 Å². The van der Waals surface area contributed by atoms with Gasteiger partial charge in [0.05, 0.1) is 21.9 Å². The van der Waals surface area contributed by atoms with Crippen LogP contribution in [0.15, 0.2) is 127 Å². The SMILES string of the molecule is CC(C(=O)NCCSSCCN(C)C)c1ccc(C(=O)c2cccs2)cc1O.CCCNC(=O)c1cc(-c2ccc(F)cc2F)ccc1O.CN(C)CCSSCCNC(=O)c1ccccc1OCc1ccccc1. The summed E-state index contributed by atoms with van der Waals surface area (Å²) in [4.78, 5) is 54.0. The van der Waals surface area contributed by atoms with Crippen LogP contribution in [-0.2, 0) is 11.4 Å². The smallest absolute Gasteiger partial charge is 0.255 e. The fraction of sp³-hybridized carbons (Fsp3) is 0.321. The molecule has 6 rings (SSSR count). The molecule has 19 heteroatoms. The molecule has 0 saturated carbocycles. The van der Waals surface area contributed by atoms with Crippen LogP contribution in [0.2, 0.25) is 0 Å². The molecule has 5 aromatic carbocycles. The summed E-state index contributed by atoms with van der Waals surface area (Å²) in [5, 5.41) is 30.4. The number of hydrogen-bond acceptors (Lipinski definition) is 14. The molecule has 0 aliphatic carbocycles. The number of phenolic OH excluding ortho intramolecular Hbond substituents is 2. The number of thiophene rings is 1. The average molecular weight is 1120 g/mol. The lowest BCUT2D eigenvalue weighted by atomic mass is 9.96. The first-order valence-corrected chi connectivity index (χ1v) is 30.0. The number of ketones is 1. The summed E-state index contributed by atoms with van der Waals surface area (Å²) >= 11 is 1.36. The molecule has 0 radical (unpaired) electrons. The molecule has 0 fully saturated rings. The quantitative estimate of drug-likeness (QED) is 0.0199. The van der Waals surface area contributed by atoms with Crippen LogP contribution in [0, 0.1) is 11.6 Å². The number of halogens is 2. The Morgan fingerprint density at radius 1 is 0.653 bits per heavy atom. The molecule has 0 bridgehead atoms. The molecule has 1 atom stereocenters. The molecule has 5 N–H and O–H groups in total. The Morgan fingerprint density at radius 3 is 1.91 bits per heavy atom. The largest absolute Gasteiger partial charge is 0.508 e. The number of para-hydroxylation sites is 1. The molecule has 1 unspecified atom stereocenters. The van der Waals surface area contributed by atoms with E-state index in [4.69, 9.17) is 4.74 Å². The molecule has 0 aliphatic rings.